The molecule has 0 aromatic rings. The molecule has 0 amide bonds. The van der Waals surface area contributed by atoms with E-state index in [0.29, 0.717) is 25.7 Å². The van der Waals surface area contributed by atoms with Crippen molar-refractivity contribution in [2.45, 2.75) is 70.1 Å². The minimum atomic E-state index is -4.16. The second kappa shape index (κ2) is 11.3. The van der Waals surface area contributed by atoms with Crippen LogP contribution in [0.4, 0.5) is 0 Å². The summed E-state index contributed by atoms with van der Waals surface area (Å²) in [5.74, 6) is 0. The van der Waals surface area contributed by atoms with Crippen molar-refractivity contribution in [1.82, 2.24) is 0 Å². The van der Waals surface area contributed by atoms with Crippen molar-refractivity contribution >= 4 is 10.1 Å². The van der Waals surface area contributed by atoms with Crippen LogP contribution in [0.5, 0.6) is 0 Å². The molecule has 0 aromatic heterocycles. The van der Waals surface area contributed by atoms with Crippen LogP contribution in [0.2, 0.25) is 0 Å². The first-order valence-corrected chi connectivity index (χ1v) is 7.51. The summed E-state index contributed by atoms with van der Waals surface area (Å²) in [5.41, 5.74) is 0. The predicted octanol–water partition coefficient (Wildman–Crippen LogP) is -0.964. The fourth-order valence-electron chi connectivity index (χ4n) is 1.72. The first-order chi connectivity index (χ1) is 7.41. The molecule has 0 rings (SSSR count). The van der Waals surface area contributed by atoms with Crippen molar-refractivity contribution in [3.05, 3.63) is 0 Å². The van der Waals surface area contributed by atoms with Gasteiger partial charge in [0.1, 0.15) is 0 Å². The third-order valence-electron chi connectivity index (χ3n) is 2.82. The molecule has 0 bridgehead atoms. The summed E-state index contributed by atoms with van der Waals surface area (Å²) in [7, 11) is -4.16. The van der Waals surface area contributed by atoms with Crippen molar-refractivity contribution in [3.63, 3.8) is 0 Å². The van der Waals surface area contributed by atoms with Gasteiger partial charge < -0.3 is 9.66 Å². The van der Waals surface area contributed by atoms with E-state index in [2.05, 4.69) is 6.92 Å². The number of hydrogen-bond donors (Lipinski definition) is 1. The maximum Gasteiger partial charge on any atom is 1.00 e. The van der Waals surface area contributed by atoms with Crippen LogP contribution < -0.4 is 51.4 Å². The minimum Gasteiger partial charge on any atom is -0.748 e. The van der Waals surface area contributed by atoms with Gasteiger partial charge in [0.05, 0.1) is 16.2 Å². The molecule has 0 aliphatic heterocycles. The number of aliphatic hydroxyl groups is 1. The molecule has 0 aliphatic rings. The molecule has 2 unspecified atom stereocenters. The largest absolute Gasteiger partial charge is 1.00 e. The third kappa shape index (κ3) is 11.1. The van der Waals surface area contributed by atoms with Crippen LogP contribution in [0.3, 0.4) is 0 Å². The van der Waals surface area contributed by atoms with Crippen LogP contribution in [0.25, 0.3) is 0 Å². The van der Waals surface area contributed by atoms with Gasteiger partial charge in [0.25, 0.3) is 0 Å². The first-order valence-electron chi connectivity index (χ1n) is 6.04. The number of unbranched alkanes of at least 4 members (excludes halogenated alkanes) is 1. The van der Waals surface area contributed by atoms with E-state index in [1.165, 1.54) is 0 Å². The summed E-state index contributed by atoms with van der Waals surface area (Å²) in [5, 5.41) is 8.75. The van der Waals surface area contributed by atoms with E-state index in [9.17, 15) is 18.1 Å². The van der Waals surface area contributed by atoms with Gasteiger partial charge in [-0.3, -0.25) is 0 Å². The van der Waals surface area contributed by atoms with Gasteiger partial charge in [-0.15, -0.1) is 0 Å². The number of aliphatic hydroxyl groups excluding tert-OH is 1. The van der Waals surface area contributed by atoms with E-state index < -0.39 is 15.4 Å². The maximum absolute atomic E-state index is 10.8. The normalized spacial score (nSPS) is 15.1. The van der Waals surface area contributed by atoms with Gasteiger partial charge in [0.15, 0.2) is 0 Å². The molecule has 2 atom stereocenters. The van der Waals surface area contributed by atoms with E-state index in [-0.39, 0.29) is 57.5 Å². The minimum absolute atomic E-state index is 0. The molecule has 98 valence electrons. The summed E-state index contributed by atoms with van der Waals surface area (Å²) in [6.45, 7) is 3.76. The standard InChI is InChI=1S/C11H24O4S.K/c1-3-5-7-10(12)8-6-9-11(4-2)16(13,14)15;/h10-12H,3-9H2,1-2H3,(H,13,14,15);/q;+1/p-1. The van der Waals surface area contributed by atoms with Crippen molar-refractivity contribution < 1.29 is 69.5 Å². The smallest absolute Gasteiger partial charge is 0.748 e. The maximum atomic E-state index is 10.8. The zero-order valence-electron chi connectivity index (χ0n) is 11.2. The second-order valence-corrected chi connectivity index (χ2v) is 5.90. The molecule has 0 radical (unpaired) electrons. The summed E-state index contributed by atoms with van der Waals surface area (Å²) >= 11 is 0. The summed E-state index contributed by atoms with van der Waals surface area (Å²) in [4.78, 5) is 0. The molecule has 0 saturated carbocycles. The Morgan fingerprint density at radius 3 is 2.06 bits per heavy atom. The fourth-order valence-corrected chi connectivity index (χ4v) is 2.58. The van der Waals surface area contributed by atoms with Crippen molar-refractivity contribution in [3.8, 4) is 0 Å². The van der Waals surface area contributed by atoms with Crippen molar-refractivity contribution in [1.29, 1.82) is 0 Å². The van der Waals surface area contributed by atoms with E-state index in [0.717, 1.165) is 19.3 Å². The van der Waals surface area contributed by atoms with Crippen LogP contribution in [-0.2, 0) is 10.1 Å². The topological polar surface area (TPSA) is 77.4 Å². The van der Waals surface area contributed by atoms with E-state index >= 15 is 0 Å². The molecule has 0 spiro atoms. The van der Waals surface area contributed by atoms with Crippen LogP contribution in [0, 0.1) is 0 Å². The summed E-state index contributed by atoms with van der Waals surface area (Å²) < 4.78 is 32.4. The van der Waals surface area contributed by atoms with E-state index in [1.54, 1.807) is 6.92 Å². The zero-order chi connectivity index (χ0) is 12.6. The summed E-state index contributed by atoms with van der Waals surface area (Å²) in [6.07, 6.45) is 4.35. The van der Waals surface area contributed by atoms with E-state index in [1.807, 2.05) is 0 Å². The van der Waals surface area contributed by atoms with Crippen molar-refractivity contribution in [2.24, 2.45) is 0 Å². The van der Waals surface area contributed by atoms with Crippen molar-refractivity contribution in [2.75, 3.05) is 0 Å². The van der Waals surface area contributed by atoms with Gasteiger partial charge in [-0.2, -0.15) is 0 Å². The van der Waals surface area contributed by atoms with Gasteiger partial charge in [-0.25, -0.2) is 8.42 Å². The molecule has 4 nitrogen and oxygen atoms in total. The molecular formula is C11H23KO4S. The Hall–Kier alpha value is 1.51. The van der Waals surface area contributed by atoms with Gasteiger partial charge in [-0.1, -0.05) is 26.7 Å². The average molecular weight is 290 g/mol. The Labute approximate surface area is 148 Å². The Morgan fingerprint density at radius 1 is 1.12 bits per heavy atom. The van der Waals surface area contributed by atoms with Gasteiger partial charge >= 0.3 is 51.4 Å². The van der Waals surface area contributed by atoms with E-state index in [4.69, 9.17) is 0 Å². The SMILES string of the molecule is CCCCC(O)CCCC(CC)S(=O)(=O)[O-].[K+]. The molecule has 17 heavy (non-hydrogen) atoms. The zero-order valence-corrected chi connectivity index (χ0v) is 15.1. The first kappa shape index (κ1) is 20.8. The molecule has 0 fully saturated rings. The third-order valence-corrected chi connectivity index (χ3v) is 4.20. The Bertz CT molecular complexity index is 267. The molecular weight excluding hydrogens is 267 g/mol. The average Bonchev–Trinajstić information content (AvgIpc) is 2.19. The van der Waals surface area contributed by atoms with Crippen LogP contribution in [0.15, 0.2) is 0 Å². The van der Waals surface area contributed by atoms with Gasteiger partial charge in [0, 0.05) is 5.25 Å². The molecule has 6 heteroatoms. The van der Waals surface area contributed by atoms with Crippen LogP contribution >= 0.6 is 0 Å². The number of hydrogen-bond acceptors (Lipinski definition) is 4. The second-order valence-electron chi connectivity index (χ2n) is 4.25. The number of rotatable bonds is 9. The Morgan fingerprint density at radius 2 is 1.65 bits per heavy atom. The summed E-state index contributed by atoms with van der Waals surface area (Å²) in [6, 6.07) is 0. The van der Waals surface area contributed by atoms with Gasteiger partial charge in [-0.05, 0) is 32.1 Å². The predicted molar refractivity (Wildman–Crippen MR) is 63.2 cm³/mol. The Kier molecular flexibility index (Phi) is 13.9. The Balaban J connectivity index is 0. The monoisotopic (exact) mass is 290 g/mol. The molecule has 0 aliphatic carbocycles. The molecule has 0 heterocycles. The quantitative estimate of drug-likeness (QED) is 0.438. The van der Waals surface area contributed by atoms with Crippen LogP contribution in [0.1, 0.15) is 58.8 Å². The van der Waals surface area contributed by atoms with Gasteiger partial charge in [0.2, 0.25) is 0 Å². The molecule has 0 saturated heterocycles. The van der Waals surface area contributed by atoms with Crippen LogP contribution in [-0.4, -0.2) is 29.4 Å². The fraction of sp³-hybridized carbons (Fsp3) is 1.00. The molecule has 1 N–H and O–H groups in total. The molecule has 0 aromatic carbocycles.